The van der Waals surface area contributed by atoms with Gasteiger partial charge in [-0.15, -0.1) is 0 Å². The normalized spacial score (nSPS) is 14.3. The SMILES string of the molecule is CC/C=C(\CO[Si](c1ccccc1)(c1ccccc1)C(C)(C)C)C(C)O. The van der Waals surface area contributed by atoms with Gasteiger partial charge >= 0.3 is 0 Å². The maximum atomic E-state index is 10.2. The average molecular weight is 369 g/mol. The van der Waals surface area contributed by atoms with Crippen molar-refractivity contribution in [3.63, 3.8) is 0 Å². The molecule has 2 nitrogen and oxygen atoms in total. The molecule has 2 aromatic rings. The summed E-state index contributed by atoms with van der Waals surface area (Å²) in [6.07, 6.45) is 2.49. The predicted molar refractivity (Wildman–Crippen MR) is 114 cm³/mol. The summed E-state index contributed by atoms with van der Waals surface area (Å²) >= 11 is 0. The first-order valence-electron chi connectivity index (χ1n) is 9.45. The van der Waals surface area contributed by atoms with Gasteiger partial charge in [0.15, 0.2) is 0 Å². The molecule has 0 amide bonds. The van der Waals surface area contributed by atoms with Crippen LogP contribution in [-0.2, 0) is 4.43 Å². The first kappa shape index (κ1) is 20.6. The van der Waals surface area contributed by atoms with Gasteiger partial charge in [0.1, 0.15) is 0 Å². The molecular weight excluding hydrogens is 336 g/mol. The number of hydrogen-bond acceptors (Lipinski definition) is 2. The largest absolute Gasteiger partial charge is 0.403 e. The van der Waals surface area contributed by atoms with Crippen molar-refractivity contribution in [1.29, 1.82) is 0 Å². The number of hydrogen-bond donors (Lipinski definition) is 1. The van der Waals surface area contributed by atoms with Crippen molar-refractivity contribution < 1.29 is 9.53 Å². The molecule has 3 heteroatoms. The monoisotopic (exact) mass is 368 g/mol. The molecule has 1 unspecified atom stereocenters. The lowest BCUT2D eigenvalue weighted by Crippen LogP contribution is -2.66. The molecule has 0 fully saturated rings. The van der Waals surface area contributed by atoms with Crippen LogP contribution in [0.25, 0.3) is 0 Å². The molecule has 0 saturated carbocycles. The van der Waals surface area contributed by atoms with Crippen LogP contribution < -0.4 is 10.4 Å². The van der Waals surface area contributed by atoms with E-state index in [1.54, 1.807) is 0 Å². The molecule has 2 rings (SSSR count). The van der Waals surface area contributed by atoms with Gasteiger partial charge in [0.2, 0.25) is 0 Å². The van der Waals surface area contributed by atoms with Gasteiger partial charge in [0, 0.05) is 0 Å². The summed E-state index contributed by atoms with van der Waals surface area (Å²) in [5.41, 5.74) is 0.959. The molecule has 26 heavy (non-hydrogen) atoms. The van der Waals surface area contributed by atoms with Crippen molar-refractivity contribution in [3.05, 3.63) is 72.3 Å². The van der Waals surface area contributed by atoms with Crippen LogP contribution in [0.1, 0.15) is 41.0 Å². The van der Waals surface area contributed by atoms with Crippen molar-refractivity contribution in [1.82, 2.24) is 0 Å². The second-order valence-electron chi connectivity index (χ2n) is 7.82. The highest BCUT2D eigenvalue weighted by Gasteiger charge is 2.50. The molecule has 0 bridgehead atoms. The number of aliphatic hydroxyl groups is 1. The van der Waals surface area contributed by atoms with Gasteiger partial charge in [-0.05, 0) is 34.3 Å². The molecule has 1 N–H and O–H groups in total. The highest BCUT2D eigenvalue weighted by atomic mass is 28.4. The van der Waals surface area contributed by atoms with Crippen LogP contribution in [0, 0.1) is 0 Å². The molecule has 0 aliphatic carbocycles. The van der Waals surface area contributed by atoms with Gasteiger partial charge in [-0.2, -0.15) is 0 Å². The summed E-state index contributed by atoms with van der Waals surface area (Å²) in [5, 5.41) is 12.6. The Morgan fingerprint density at radius 1 is 1.00 bits per heavy atom. The Morgan fingerprint density at radius 3 is 1.81 bits per heavy atom. The van der Waals surface area contributed by atoms with E-state index in [9.17, 15) is 5.11 Å². The minimum Gasteiger partial charge on any atom is -0.403 e. The van der Waals surface area contributed by atoms with Crippen LogP contribution in [0.4, 0.5) is 0 Å². The third-order valence-electron chi connectivity index (χ3n) is 4.88. The average Bonchev–Trinajstić information content (AvgIpc) is 2.61. The van der Waals surface area contributed by atoms with E-state index in [1.807, 2.05) is 6.92 Å². The van der Waals surface area contributed by atoms with Crippen LogP contribution in [0.15, 0.2) is 72.3 Å². The van der Waals surface area contributed by atoms with E-state index in [1.165, 1.54) is 10.4 Å². The number of rotatable bonds is 7. The standard InChI is InChI=1S/C23H32O2Si/c1-6-13-20(19(2)24)18-25-26(23(3,4)5,21-14-9-7-10-15-21)22-16-11-8-12-17-22/h7-17,19,24H,6,18H2,1-5H3/b20-13+. The molecular formula is C23H32O2Si. The second-order valence-corrected chi connectivity index (χ2v) is 12.1. The first-order chi connectivity index (χ1) is 12.3. The van der Waals surface area contributed by atoms with Gasteiger partial charge in [-0.3, -0.25) is 0 Å². The van der Waals surface area contributed by atoms with Gasteiger partial charge in [-0.1, -0.05) is 94.4 Å². The topological polar surface area (TPSA) is 29.5 Å². The zero-order valence-electron chi connectivity index (χ0n) is 16.7. The van der Waals surface area contributed by atoms with E-state index in [4.69, 9.17) is 4.43 Å². The molecule has 0 saturated heterocycles. The summed E-state index contributed by atoms with van der Waals surface area (Å²) in [6.45, 7) is 11.2. The quantitative estimate of drug-likeness (QED) is 0.584. The van der Waals surface area contributed by atoms with Crippen molar-refractivity contribution >= 4 is 18.7 Å². The summed E-state index contributed by atoms with van der Waals surface area (Å²) in [6, 6.07) is 21.2. The van der Waals surface area contributed by atoms with Crippen LogP contribution in [0.5, 0.6) is 0 Å². The van der Waals surface area contributed by atoms with Gasteiger partial charge in [0.25, 0.3) is 8.32 Å². The Bertz CT molecular complexity index is 660. The lowest BCUT2D eigenvalue weighted by molar-refractivity contribution is 0.206. The summed E-state index contributed by atoms with van der Waals surface area (Å²) in [4.78, 5) is 0. The highest BCUT2D eigenvalue weighted by Crippen LogP contribution is 2.37. The number of benzene rings is 2. The molecule has 0 radical (unpaired) electrons. The Hall–Kier alpha value is -1.68. The van der Waals surface area contributed by atoms with E-state index in [2.05, 4.69) is 94.4 Å². The molecule has 0 heterocycles. The maximum absolute atomic E-state index is 10.2. The van der Waals surface area contributed by atoms with E-state index < -0.39 is 14.4 Å². The smallest absolute Gasteiger partial charge is 0.261 e. The highest BCUT2D eigenvalue weighted by molar-refractivity contribution is 6.99. The molecule has 0 aliphatic rings. The molecule has 2 aromatic carbocycles. The molecule has 0 spiro atoms. The third-order valence-corrected chi connectivity index (χ3v) is 9.86. The Labute approximate surface area is 159 Å². The van der Waals surface area contributed by atoms with Gasteiger partial charge in [-0.25, -0.2) is 0 Å². The minimum absolute atomic E-state index is 0.0499. The summed E-state index contributed by atoms with van der Waals surface area (Å²) < 4.78 is 6.85. The Morgan fingerprint density at radius 2 is 1.46 bits per heavy atom. The Kier molecular flexibility index (Phi) is 6.99. The molecule has 0 aromatic heterocycles. The van der Waals surface area contributed by atoms with E-state index in [-0.39, 0.29) is 5.04 Å². The molecule has 1 atom stereocenters. The first-order valence-corrected chi connectivity index (χ1v) is 11.4. The fraction of sp³-hybridized carbons (Fsp3) is 0.391. The zero-order chi connectivity index (χ0) is 19.2. The van der Waals surface area contributed by atoms with Crippen LogP contribution in [0.3, 0.4) is 0 Å². The third kappa shape index (κ3) is 4.34. The van der Waals surface area contributed by atoms with Gasteiger partial charge in [0.05, 0.1) is 12.7 Å². The minimum atomic E-state index is -2.54. The second kappa shape index (κ2) is 8.80. The van der Waals surface area contributed by atoms with E-state index in [0.717, 1.165) is 12.0 Å². The van der Waals surface area contributed by atoms with E-state index in [0.29, 0.717) is 6.61 Å². The number of aliphatic hydroxyl groups excluding tert-OH is 1. The van der Waals surface area contributed by atoms with Crippen LogP contribution >= 0.6 is 0 Å². The van der Waals surface area contributed by atoms with E-state index >= 15 is 0 Å². The molecule has 140 valence electrons. The van der Waals surface area contributed by atoms with Crippen molar-refractivity contribution in [3.8, 4) is 0 Å². The van der Waals surface area contributed by atoms with Crippen molar-refractivity contribution in [2.75, 3.05) is 6.61 Å². The van der Waals surface area contributed by atoms with Crippen LogP contribution in [0.2, 0.25) is 5.04 Å². The summed E-state index contributed by atoms with van der Waals surface area (Å²) in [5.74, 6) is 0. The zero-order valence-corrected chi connectivity index (χ0v) is 17.7. The predicted octanol–water partition coefficient (Wildman–Crippen LogP) is 4.28. The fourth-order valence-electron chi connectivity index (χ4n) is 3.57. The Balaban J connectivity index is 2.59. The maximum Gasteiger partial charge on any atom is 0.261 e. The van der Waals surface area contributed by atoms with Crippen molar-refractivity contribution in [2.24, 2.45) is 0 Å². The van der Waals surface area contributed by atoms with Crippen molar-refractivity contribution in [2.45, 2.75) is 52.2 Å². The van der Waals surface area contributed by atoms with Gasteiger partial charge < -0.3 is 9.53 Å². The lowest BCUT2D eigenvalue weighted by Gasteiger charge is -2.43. The molecule has 0 aliphatic heterocycles. The lowest BCUT2D eigenvalue weighted by atomic mass is 10.1. The van der Waals surface area contributed by atoms with Crippen LogP contribution in [-0.4, -0.2) is 26.1 Å². The fourth-order valence-corrected chi connectivity index (χ4v) is 8.10. The summed E-state index contributed by atoms with van der Waals surface area (Å²) in [7, 11) is -2.54. The number of allylic oxidation sites excluding steroid dienone is 1.